The third-order valence-electron chi connectivity index (χ3n) is 3.88. The van der Waals surface area contributed by atoms with E-state index in [9.17, 15) is 4.79 Å². The standard InChI is InChI=1S/C17H35NO2/c1-5-7-9-11-13-17(3,14-12-10-8-6-2)18-16(19)15-20-4/h5-15H2,1-4H3,(H,18,19). The molecule has 0 rings (SSSR count). The number of carbonyl (C=O) groups is 1. The van der Waals surface area contributed by atoms with Crippen molar-refractivity contribution in [1.82, 2.24) is 5.32 Å². The van der Waals surface area contributed by atoms with Gasteiger partial charge in [0.1, 0.15) is 6.61 Å². The van der Waals surface area contributed by atoms with Crippen molar-refractivity contribution in [2.75, 3.05) is 13.7 Å². The Labute approximate surface area is 125 Å². The quantitative estimate of drug-likeness (QED) is 0.508. The topological polar surface area (TPSA) is 38.3 Å². The first-order chi connectivity index (χ1) is 9.58. The van der Waals surface area contributed by atoms with Crippen LogP contribution in [0.5, 0.6) is 0 Å². The molecule has 3 nitrogen and oxygen atoms in total. The van der Waals surface area contributed by atoms with Gasteiger partial charge in [0.15, 0.2) is 0 Å². The lowest BCUT2D eigenvalue weighted by atomic mass is 9.88. The highest BCUT2D eigenvalue weighted by Crippen LogP contribution is 2.22. The Morgan fingerprint density at radius 2 is 1.45 bits per heavy atom. The molecule has 120 valence electrons. The number of unbranched alkanes of at least 4 members (excludes halogenated alkanes) is 6. The summed E-state index contributed by atoms with van der Waals surface area (Å²) in [7, 11) is 1.57. The normalized spacial score (nSPS) is 11.6. The fourth-order valence-electron chi connectivity index (χ4n) is 2.64. The van der Waals surface area contributed by atoms with Crippen LogP contribution < -0.4 is 5.32 Å². The van der Waals surface area contributed by atoms with Crippen molar-refractivity contribution >= 4 is 5.91 Å². The van der Waals surface area contributed by atoms with Crippen LogP contribution >= 0.6 is 0 Å². The van der Waals surface area contributed by atoms with Crippen LogP contribution in [0.3, 0.4) is 0 Å². The first kappa shape index (κ1) is 19.4. The summed E-state index contributed by atoms with van der Waals surface area (Å²) < 4.78 is 4.92. The molecule has 0 unspecified atom stereocenters. The van der Waals surface area contributed by atoms with Crippen LogP contribution in [0.1, 0.15) is 85.0 Å². The maximum Gasteiger partial charge on any atom is 0.246 e. The lowest BCUT2D eigenvalue weighted by Gasteiger charge is -2.31. The van der Waals surface area contributed by atoms with E-state index < -0.39 is 0 Å². The van der Waals surface area contributed by atoms with E-state index in [0.717, 1.165) is 12.8 Å². The minimum atomic E-state index is -0.0584. The Hall–Kier alpha value is -0.570. The Morgan fingerprint density at radius 3 is 1.85 bits per heavy atom. The van der Waals surface area contributed by atoms with E-state index in [-0.39, 0.29) is 18.1 Å². The largest absolute Gasteiger partial charge is 0.375 e. The summed E-state index contributed by atoms with van der Waals surface area (Å²) >= 11 is 0. The van der Waals surface area contributed by atoms with Gasteiger partial charge in [-0.25, -0.2) is 0 Å². The molecule has 0 aliphatic heterocycles. The smallest absolute Gasteiger partial charge is 0.246 e. The summed E-state index contributed by atoms with van der Waals surface area (Å²) in [5, 5.41) is 3.18. The monoisotopic (exact) mass is 285 g/mol. The van der Waals surface area contributed by atoms with Gasteiger partial charge in [0.05, 0.1) is 0 Å². The van der Waals surface area contributed by atoms with Crippen molar-refractivity contribution in [1.29, 1.82) is 0 Å². The summed E-state index contributed by atoms with van der Waals surface area (Å²) in [6.45, 7) is 6.81. The summed E-state index contributed by atoms with van der Waals surface area (Å²) in [6.07, 6.45) is 12.2. The second-order valence-electron chi connectivity index (χ2n) is 6.16. The van der Waals surface area contributed by atoms with Gasteiger partial charge in [0.2, 0.25) is 5.91 Å². The first-order valence-corrected chi connectivity index (χ1v) is 8.38. The predicted octanol–water partition coefficient (Wildman–Crippen LogP) is 4.45. The molecular weight excluding hydrogens is 250 g/mol. The third kappa shape index (κ3) is 10.2. The van der Waals surface area contributed by atoms with Crippen molar-refractivity contribution in [3.8, 4) is 0 Å². The molecule has 0 aromatic heterocycles. The number of methoxy groups -OCH3 is 1. The molecule has 0 aromatic rings. The number of carbonyl (C=O) groups excluding carboxylic acids is 1. The van der Waals surface area contributed by atoms with E-state index in [0.29, 0.717) is 0 Å². The highest BCUT2D eigenvalue weighted by Gasteiger charge is 2.25. The van der Waals surface area contributed by atoms with Crippen molar-refractivity contribution in [3.63, 3.8) is 0 Å². The molecule has 0 heterocycles. The molecule has 1 amide bonds. The molecule has 3 heteroatoms. The maximum atomic E-state index is 11.8. The Kier molecular flexibility index (Phi) is 11.8. The Bertz CT molecular complexity index is 229. The molecule has 1 N–H and O–H groups in total. The molecule has 0 bridgehead atoms. The minimum Gasteiger partial charge on any atom is -0.375 e. The van der Waals surface area contributed by atoms with Crippen LogP contribution in [0.15, 0.2) is 0 Å². The molecule has 0 saturated carbocycles. The molecular formula is C17H35NO2. The van der Waals surface area contributed by atoms with Crippen LogP contribution in [-0.2, 0) is 9.53 Å². The molecule has 0 saturated heterocycles. The van der Waals surface area contributed by atoms with Gasteiger partial charge in [-0.3, -0.25) is 4.79 Å². The fourth-order valence-corrected chi connectivity index (χ4v) is 2.64. The average molecular weight is 285 g/mol. The summed E-state index contributed by atoms with van der Waals surface area (Å²) in [6, 6.07) is 0. The summed E-state index contributed by atoms with van der Waals surface area (Å²) in [5.41, 5.74) is -0.0584. The van der Waals surface area contributed by atoms with Crippen molar-refractivity contribution in [3.05, 3.63) is 0 Å². The van der Waals surface area contributed by atoms with Gasteiger partial charge in [-0.2, -0.15) is 0 Å². The fraction of sp³-hybridized carbons (Fsp3) is 0.941. The molecule has 0 aliphatic rings. The van der Waals surface area contributed by atoms with Crippen molar-refractivity contribution in [2.24, 2.45) is 0 Å². The number of hydrogen-bond donors (Lipinski definition) is 1. The molecule has 0 aliphatic carbocycles. The SMILES string of the molecule is CCCCCCC(C)(CCCCCC)NC(=O)COC. The zero-order valence-corrected chi connectivity index (χ0v) is 14.1. The minimum absolute atomic E-state index is 0.0148. The van der Waals surface area contributed by atoms with Crippen molar-refractivity contribution in [2.45, 2.75) is 90.5 Å². The van der Waals surface area contributed by atoms with E-state index in [1.165, 1.54) is 51.4 Å². The van der Waals surface area contributed by atoms with E-state index in [2.05, 4.69) is 26.1 Å². The molecule has 0 spiro atoms. The van der Waals surface area contributed by atoms with Crippen LogP contribution in [0.25, 0.3) is 0 Å². The lowest BCUT2D eigenvalue weighted by Crippen LogP contribution is -2.47. The van der Waals surface area contributed by atoms with Gasteiger partial charge in [-0.15, -0.1) is 0 Å². The van der Waals surface area contributed by atoms with E-state index >= 15 is 0 Å². The van der Waals surface area contributed by atoms with E-state index in [1.54, 1.807) is 7.11 Å². The Balaban J connectivity index is 4.22. The van der Waals surface area contributed by atoms with E-state index in [1.807, 2.05) is 0 Å². The highest BCUT2D eigenvalue weighted by atomic mass is 16.5. The maximum absolute atomic E-state index is 11.8. The lowest BCUT2D eigenvalue weighted by molar-refractivity contribution is -0.126. The van der Waals surface area contributed by atoms with Gasteiger partial charge in [-0.05, 0) is 19.8 Å². The van der Waals surface area contributed by atoms with Crippen LogP contribution in [0.4, 0.5) is 0 Å². The van der Waals surface area contributed by atoms with E-state index in [4.69, 9.17) is 4.74 Å². The van der Waals surface area contributed by atoms with Gasteiger partial charge >= 0.3 is 0 Å². The third-order valence-corrected chi connectivity index (χ3v) is 3.88. The molecule has 20 heavy (non-hydrogen) atoms. The number of nitrogens with one attached hydrogen (secondary N) is 1. The zero-order chi connectivity index (χ0) is 15.3. The zero-order valence-electron chi connectivity index (χ0n) is 14.1. The summed E-state index contributed by atoms with van der Waals surface area (Å²) in [5.74, 6) is 0.0148. The number of rotatable bonds is 13. The predicted molar refractivity (Wildman–Crippen MR) is 85.9 cm³/mol. The van der Waals surface area contributed by atoms with Crippen molar-refractivity contribution < 1.29 is 9.53 Å². The Morgan fingerprint density at radius 1 is 0.950 bits per heavy atom. The van der Waals surface area contributed by atoms with Gasteiger partial charge < -0.3 is 10.1 Å². The van der Waals surface area contributed by atoms with Gasteiger partial charge in [0, 0.05) is 12.6 Å². The number of ether oxygens (including phenoxy) is 1. The second kappa shape index (κ2) is 12.2. The van der Waals surface area contributed by atoms with Crippen LogP contribution in [0, 0.1) is 0 Å². The summed E-state index contributed by atoms with van der Waals surface area (Å²) in [4.78, 5) is 11.8. The molecule has 0 fully saturated rings. The van der Waals surface area contributed by atoms with Gasteiger partial charge in [-0.1, -0.05) is 65.2 Å². The number of amides is 1. The van der Waals surface area contributed by atoms with Crippen LogP contribution in [0.2, 0.25) is 0 Å². The molecule has 0 aromatic carbocycles. The van der Waals surface area contributed by atoms with Crippen LogP contribution in [-0.4, -0.2) is 25.2 Å². The first-order valence-electron chi connectivity index (χ1n) is 8.38. The number of hydrogen-bond acceptors (Lipinski definition) is 2. The van der Waals surface area contributed by atoms with Gasteiger partial charge in [0.25, 0.3) is 0 Å². The second-order valence-corrected chi connectivity index (χ2v) is 6.16. The molecule has 0 radical (unpaired) electrons. The molecule has 0 atom stereocenters. The average Bonchev–Trinajstić information content (AvgIpc) is 2.40. The highest BCUT2D eigenvalue weighted by molar-refractivity contribution is 5.77.